The summed E-state index contributed by atoms with van der Waals surface area (Å²) in [6.07, 6.45) is 0. The van der Waals surface area contributed by atoms with Crippen molar-refractivity contribution < 1.29 is 0 Å². The molecule has 2 aliphatic heterocycles. The fourth-order valence-corrected chi connectivity index (χ4v) is 9.27. The van der Waals surface area contributed by atoms with Gasteiger partial charge < -0.3 is 0 Å². The summed E-state index contributed by atoms with van der Waals surface area (Å²) in [5, 5.41) is 0. The van der Waals surface area contributed by atoms with E-state index in [1.807, 2.05) is 31.6 Å². The topological polar surface area (TPSA) is 13.0 Å². The maximum atomic E-state index is 2.75. The van der Waals surface area contributed by atoms with Gasteiger partial charge in [0.1, 0.15) is 0 Å². The molecule has 28 heavy (non-hydrogen) atoms. The molecule has 0 aromatic carbocycles. The Morgan fingerprint density at radius 1 is 0.821 bits per heavy atom. The Balaban J connectivity index is 1.73. The molecule has 1 unspecified atom stereocenters. The molecule has 2 fully saturated rings. The van der Waals surface area contributed by atoms with Crippen molar-refractivity contribution in [1.29, 1.82) is 0 Å². The van der Waals surface area contributed by atoms with E-state index >= 15 is 0 Å². The van der Waals surface area contributed by atoms with Crippen LogP contribution in [0.4, 0.5) is 0 Å². The van der Waals surface area contributed by atoms with E-state index in [0.29, 0.717) is 42.3 Å². The highest BCUT2D eigenvalue weighted by Crippen LogP contribution is 2.41. The van der Waals surface area contributed by atoms with E-state index in [2.05, 4.69) is 81.3 Å². The molecule has 0 saturated carbocycles. The van der Waals surface area contributed by atoms with Gasteiger partial charge in [-0.25, -0.2) is 4.31 Å². The van der Waals surface area contributed by atoms with Crippen molar-refractivity contribution in [3.63, 3.8) is 0 Å². The number of hydrogen-bond acceptors (Lipinski definition) is 7. The van der Waals surface area contributed by atoms with Gasteiger partial charge >= 0.3 is 0 Å². The Bertz CT molecular complexity index is 453. The lowest BCUT2D eigenvalue weighted by atomic mass is 10.0. The molecule has 0 N–H and O–H groups in total. The van der Waals surface area contributed by atoms with Gasteiger partial charge in [-0.15, -0.1) is 0 Å². The van der Waals surface area contributed by atoms with Crippen LogP contribution in [0.5, 0.6) is 0 Å². The van der Waals surface area contributed by atoms with Crippen molar-refractivity contribution in [2.75, 3.05) is 31.9 Å². The van der Waals surface area contributed by atoms with Crippen molar-refractivity contribution in [2.24, 2.45) is 0 Å². The van der Waals surface area contributed by atoms with Crippen LogP contribution in [-0.2, 0) is 0 Å². The standard InChI is InChI=1S/C21H44N4S3/c1-15(2)22-12-17(5)25(18(6)13-22)19(7)14-26-28-27-24-11-10-23(16(3)4)20(8)21(24)9/h15-21H,10-14H2,1-9H3/t17-,18+,19?,20-,21-/m1/s1. The van der Waals surface area contributed by atoms with E-state index in [4.69, 9.17) is 0 Å². The molecule has 0 amide bonds. The van der Waals surface area contributed by atoms with Crippen LogP contribution in [0.25, 0.3) is 0 Å². The molecule has 5 atom stereocenters. The van der Waals surface area contributed by atoms with Crippen LogP contribution in [0, 0.1) is 0 Å². The molecule has 7 heteroatoms. The van der Waals surface area contributed by atoms with Gasteiger partial charge in [-0.05, 0) is 72.1 Å². The van der Waals surface area contributed by atoms with E-state index in [0.717, 1.165) is 0 Å². The molecular weight excluding hydrogens is 404 g/mol. The minimum atomic E-state index is 0.607. The van der Waals surface area contributed by atoms with Crippen LogP contribution >= 0.6 is 31.6 Å². The van der Waals surface area contributed by atoms with Crippen LogP contribution in [0.3, 0.4) is 0 Å². The zero-order valence-corrected chi connectivity index (χ0v) is 22.0. The molecule has 166 valence electrons. The number of rotatable bonds is 8. The van der Waals surface area contributed by atoms with Crippen LogP contribution in [-0.4, -0.2) is 93.2 Å². The Kier molecular flexibility index (Phi) is 10.3. The SMILES string of the molecule is CC(C)N1C[C@@H](C)N(C(C)CSSSN2CCN(C(C)C)[C@H](C)[C@H]2C)[C@@H](C)C1. The van der Waals surface area contributed by atoms with E-state index in [1.165, 1.54) is 31.9 Å². The average molecular weight is 449 g/mol. The Labute approximate surface area is 186 Å². The van der Waals surface area contributed by atoms with E-state index in [-0.39, 0.29) is 0 Å². The lowest BCUT2D eigenvalue weighted by Crippen LogP contribution is -2.60. The van der Waals surface area contributed by atoms with E-state index in [1.54, 1.807) is 0 Å². The Morgan fingerprint density at radius 3 is 1.96 bits per heavy atom. The summed E-state index contributed by atoms with van der Waals surface area (Å²) in [6.45, 7) is 26.1. The molecule has 2 heterocycles. The largest absolute Gasteiger partial charge is 0.298 e. The van der Waals surface area contributed by atoms with Crippen molar-refractivity contribution in [1.82, 2.24) is 19.0 Å². The molecular formula is C21H44N4S3. The third-order valence-electron chi connectivity index (χ3n) is 6.66. The summed E-state index contributed by atoms with van der Waals surface area (Å²) in [5.41, 5.74) is 0. The predicted molar refractivity (Wildman–Crippen MR) is 132 cm³/mol. The summed E-state index contributed by atoms with van der Waals surface area (Å²) in [5.74, 6) is 1.20. The molecule has 2 saturated heterocycles. The van der Waals surface area contributed by atoms with Crippen molar-refractivity contribution >= 4 is 31.6 Å². The summed E-state index contributed by atoms with van der Waals surface area (Å²) in [4.78, 5) is 8.03. The first-order chi connectivity index (χ1) is 13.1. The van der Waals surface area contributed by atoms with Crippen molar-refractivity contribution in [2.45, 2.75) is 105 Å². The highest BCUT2D eigenvalue weighted by Gasteiger charge is 2.34. The molecule has 0 aromatic rings. The molecule has 0 aromatic heterocycles. The van der Waals surface area contributed by atoms with Gasteiger partial charge in [0.05, 0.1) is 0 Å². The van der Waals surface area contributed by atoms with Gasteiger partial charge in [-0.2, -0.15) is 0 Å². The monoisotopic (exact) mass is 448 g/mol. The molecule has 4 nitrogen and oxygen atoms in total. The highest BCUT2D eigenvalue weighted by molar-refractivity contribution is 9.09. The molecule has 0 aliphatic carbocycles. The second kappa shape index (κ2) is 11.5. The maximum Gasteiger partial charge on any atom is 0.0336 e. The first kappa shape index (κ1) is 25.2. The fraction of sp³-hybridized carbons (Fsp3) is 1.00. The first-order valence-electron chi connectivity index (χ1n) is 11.1. The second-order valence-corrected chi connectivity index (χ2v) is 13.5. The quantitative estimate of drug-likeness (QED) is 0.293. The zero-order chi connectivity index (χ0) is 21.0. The van der Waals surface area contributed by atoms with Gasteiger partial charge in [0, 0.05) is 85.2 Å². The Morgan fingerprint density at radius 2 is 1.43 bits per heavy atom. The van der Waals surface area contributed by atoms with Gasteiger partial charge in [0.2, 0.25) is 0 Å². The minimum absolute atomic E-state index is 0.607. The fourth-order valence-electron chi connectivity index (χ4n) is 4.91. The molecule has 0 radical (unpaired) electrons. The third kappa shape index (κ3) is 6.44. The molecule has 0 bridgehead atoms. The maximum absolute atomic E-state index is 2.75. The summed E-state index contributed by atoms with van der Waals surface area (Å²) < 4.78 is 2.60. The normalized spacial score (nSPS) is 33.1. The van der Waals surface area contributed by atoms with Crippen molar-refractivity contribution in [3.8, 4) is 0 Å². The molecule has 2 rings (SSSR count). The lowest BCUT2D eigenvalue weighted by molar-refractivity contribution is 0.00514. The van der Waals surface area contributed by atoms with Crippen LogP contribution in [0.2, 0.25) is 0 Å². The van der Waals surface area contributed by atoms with E-state index < -0.39 is 0 Å². The number of hydrogen-bond donors (Lipinski definition) is 0. The van der Waals surface area contributed by atoms with Crippen LogP contribution < -0.4 is 0 Å². The third-order valence-corrected chi connectivity index (χ3v) is 11.0. The molecule has 2 aliphatic rings. The van der Waals surface area contributed by atoms with Gasteiger partial charge in [-0.1, -0.05) is 10.8 Å². The Hall–Kier alpha value is 0.890. The summed E-state index contributed by atoms with van der Waals surface area (Å²) in [6, 6.07) is 4.46. The van der Waals surface area contributed by atoms with Gasteiger partial charge in [-0.3, -0.25) is 14.7 Å². The average Bonchev–Trinajstić information content (AvgIpc) is 2.61. The summed E-state index contributed by atoms with van der Waals surface area (Å²) in [7, 11) is 6.00. The minimum Gasteiger partial charge on any atom is -0.298 e. The lowest BCUT2D eigenvalue weighted by Gasteiger charge is -2.48. The second-order valence-electron chi connectivity index (χ2n) is 9.42. The first-order valence-corrected chi connectivity index (χ1v) is 14.7. The molecule has 0 spiro atoms. The van der Waals surface area contributed by atoms with Crippen LogP contribution in [0.15, 0.2) is 0 Å². The smallest absolute Gasteiger partial charge is 0.0336 e. The zero-order valence-electron chi connectivity index (χ0n) is 19.6. The highest BCUT2D eigenvalue weighted by atomic mass is 33.5. The van der Waals surface area contributed by atoms with Crippen molar-refractivity contribution in [3.05, 3.63) is 0 Å². The number of nitrogens with zero attached hydrogens (tertiary/aromatic N) is 4. The predicted octanol–water partition coefficient (Wildman–Crippen LogP) is 4.93. The van der Waals surface area contributed by atoms with Gasteiger partial charge in [0.25, 0.3) is 0 Å². The summed E-state index contributed by atoms with van der Waals surface area (Å²) >= 11 is 0. The van der Waals surface area contributed by atoms with Crippen LogP contribution in [0.1, 0.15) is 62.3 Å². The van der Waals surface area contributed by atoms with E-state index in [9.17, 15) is 0 Å². The number of piperazine rings is 2. The van der Waals surface area contributed by atoms with Gasteiger partial charge in [0.15, 0.2) is 0 Å².